The Hall–Kier alpha value is -2.21. The van der Waals surface area contributed by atoms with Gasteiger partial charge < -0.3 is 10.6 Å². The zero-order chi connectivity index (χ0) is 20.2. The molecule has 3 rings (SSSR count). The second kappa shape index (κ2) is 8.43. The number of benzene rings is 2. The predicted octanol–water partition coefficient (Wildman–Crippen LogP) is 5.79. The van der Waals surface area contributed by atoms with Crippen molar-refractivity contribution in [2.24, 2.45) is 0 Å². The molecule has 0 aromatic heterocycles. The fourth-order valence-corrected chi connectivity index (χ4v) is 3.66. The fourth-order valence-electron chi connectivity index (χ4n) is 3.54. The van der Waals surface area contributed by atoms with E-state index in [4.69, 9.17) is 11.6 Å². The minimum atomic E-state index is -4.38. The summed E-state index contributed by atoms with van der Waals surface area (Å²) >= 11 is 5.88. The molecule has 0 saturated heterocycles. The second-order valence-corrected chi connectivity index (χ2v) is 7.59. The quantitative estimate of drug-likeness (QED) is 0.655. The van der Waals surface area contributed by atoms with Crippen molar-refractivity contribution in [1.29, 1.82) is 0 Å². The van der Waals surface area contributed by atoms with Crippen LogP contribution in [0.2, 0.25) is 5.02 Å². The van der Waals surface area contributed by atoms with Gasteiger partial charge in [0.15, 0.2) is 0 Å². The highest BCUT2D eigenvalue weighted by atomic mass is 35.5. The minimum absolute atomic E-state index is 0.137. The average Bonchev–Trinajstić information content (AvgIpc) is 2.68. The molecule has 2 aromatic rings. The molecule has 1 amide bonds. The molecule has 0 radical (unpaired) electrons. The fraction of sp³-hybridized carbons (Fsp3) is 0.381. The van der Waals surface area contributed by atoms with E-state index in [0.717, 1.165) is 37.0 Å². The lowest BCUT2D eigenvalue weighted by molar-refractivity contribution is -0.137. The molecule has 1 fully saturated rings. The van der Waals surface area contributed by atoms with Crippen molar-refractivity contribution in [3.05, 3.63) is 64.7 Å². The Morgan fingerprint density at radius 2 is 1.57 bits per heavy atom. The van der Waals surface area contributed by atoms with E-state index in [2.05, 4.69) is 10.6 Å². The summed E-state index contributed by atoms with van der Waals surface area (Å²) in [7, 11) is 0. The normalized spacial score (nSPS) is 16.4. The van der Waals surface area contributed by atoms with Crippen molar-refractivity contribution in [2.75, 3.05) is 5.32 Å². The SMILES string of the molecule is O=C(NCc1ccc(Cl)cc1)C1(Nc2ccc(C(F)(F)F)cc2)CCCCC1. The smallest absolute Gasteiger partial charge is 0.371 e. The summed E-state index contributed by atoms with van der Waals surface area (Å²) < 4.78 is 38.3. The lowest BCUT2D eigenvalue weighted by atomic mass is 9.80. The van der Waals surface area contributed by atoms with Crippen molar-refractivity contribution >= 4 is 23.2 Å². The van der Waals surface area contributed by atoms with Gasteiger partial charge in [0.05, 0.1) is 5.56 Å². The number of carbonyl (C=O) groups excluding carboxylic acids is 1. The Morgan fingerprint density at radius 1 is 0.964 bits per heavy atom. The first-order valence-electron chi connectivity index (χ1n) is 9.27. The van der Waals surface area contributed by atoms with Crippen LogP contribution in [-0.2, 0) is 17.5 Å². The van der Waals surface area contributed by atoms with Gasteiger partial charge in [0.2, 0.25) is 5.91 Å². The Balaban J connectivity index is 1.72. The maximum absolute atomic E-state index is 13.0. The molecule has 0 spiro atoms. The van der Waals surface area contributed by atoms with Gasteiger partial charge in [-0.05, 0) is 54.8 Å². The third-order valence-corrected chi connectivity index (χ3v) is 5.36. The molecule has 0 unspecified atom stereocenters. The highest BCUT2D eigenvalue weighted by molar-refractivity contribution is 6.30. The van der Waals surface area contributed by atoms with Crippen LogP contribution in [-0.4, -0.2) is 11.4 Å². The lowest BCUT2D eigenvalue weighted by Crippen LogP contribution is -2.53. The van der Waals surface area contributed by atoms with E-state index < -0.39 is 17.3 Å². The molecule has 0 bridgehead atoms. The first-order chi connectivity index (χ1) is 13.3. The van der Waals surface area contributed by atoms with Crippen LogP contribution in [0.3, 0.4) is 0 Å². The first kappa shape index (κ1) is 20.5. The molecule has 3 nitrogen and oxygen atoms in total. The van der Waals surface area contributed by atoms with Crippen LogP contribution in [0.4, 0.5) is 18.9 Å². The number of alkyl halides is 3. The van der Waals surface area contributed by atoms with Crippen molar-refractivity contribution in [3.63, 3.8) is 0 Å². The van der Waals surface area contributed by atoms with E-state index in [-0.39, 0.29) is 5.91 Å². The van der Waals surface area contributed by atoms with Crippen molar-refractivity contribution in [1.82, 2.24) is 5.32 Å². The summed E-state index contributed by atoms with van der Waals surface area (Å²) in [6, 6.07) is 12.0. The average molecular weight is 411 g/mol. The molecule has 0 heterocycles. The third kappa shape index (κ3) is 4.98. The van der Waals surface area contributed by atoms with E-state index in [1.807, 2.05) is 12.1 Å². The molecule has 0 atom stereocenters. The van der Waals surface area contributed by atoms with Crippen LogP contribution < -0.4 is 10.6 Å². The van der Waals surface area contributed by atoms with Gasteiger partial charge in [-0.1, -0.05) is 43.0 Å². The van der Waals surface area contributed by atoms with Gasteiger partial charge in [-0.15, -0.1) is 0 Å². The number of hydrogen-bond acceptors (Lipinski definition) is 2. The molecule has 2 N–H and O–H groups in total. The standard InChI is InChI=1S/C21H22ClF3N2O/c22-17-8-4-15(5-9-17)14-26-19(28)20(12-2-1-3-13-20)27-18-10-6-16(7-11-18)21(23,24)25/h4-11,27H,1-3,12-14H2,(H,26,28). The van der Waals surface area contributed by atoms with E-state index in [9.17, 15) is 18.0 Å². The monoisotopic (exact) mass is 410 g/mol. The highest BCUT2D eigenvalue weighted by Gasteiger charge is 2.39. The predicted molar refractivity (Wildman–Crippen MR) is 104 cm³/mol. The summed E-state index contributed by atoms with van der Waals surface area (Å²) in [6.07, 6.45) is -0.275. The lowest BCUT2D eigenvalue weighted by Gasteiger charge is -2.37. The van der Waals surface area contributed by atoms with Gasteiger partial charge in [0.25, 0.3) is 0 Å². The van der Waals surface area contributed by atoms with Crippen LogP contribution in [0.15, 0.2) is 48.5 Å². The largest absolute Gasteiger partial charge is 0.416 e. The van der Waals surface area contributed by atoms with E-state index in [1.54, 1.807) is 12.1 Å². The van der Waals surface area contributed by atoms with Gasteiger partial charge in [-0.25, -0.2) is 0 Å². The zero-order valence-corrected chi connectivity index (χ0v) is 16.0. The van der Waals surface area contributed by atoms with Gasteiger partial charge in [-0.3, -0.25) is 4.79 Å². The third-order valence-electron chi connectivity index (χ3n) is 5.10. The van der Waals surface area contributed by atoms with Gasteiger partial charge in [-0.2, -0.15) is 13.2 Å². The Labute approximate surface area is 167 Å². The number of halogens is 4. The van der Waals surface area contributed by atoms with Gasteiger partial charge >= 0.3 is 6.18 Å². The first-order valence-corrected chi connectivity index (χ1v) is 9.64. The summed E-state index contributed by atoms with van der Waals surface area (Å²) in [5.41, 5.74) is -0.0811. The van der Waals surface area contributed by atoms with Gasteiger partial charge in [0.1, 0.15) is 5.54 Å². The summed E-state index contributed by atoms with van der Waals surface area (Å²) in [5, 5.41) is 6.81. The number of amides is 1. The highest BCUT2D eigenvalue weighted by Crippen LogP contribution is 2.34. The van der Waals surface area contributed by atoms with Crippen LogP contribution in [0.25, 0.3) is 0 Å². The molecule has 28 heavy (non-hydrogen) atoms. The maximum Gasteiger partial charge on any atom is 0.416 e. The molecule has 1 aliphatic rings. The van der Waals surface area contributed by atoms with E-state index in [0.29, 0.717) is 30.1 Å². The summed E-state index contributed by atoms with van der Waals surface area (Å²) in [6.45, 7) is 0.368. The molecular weight excluding hydrogens is 389 g/mol. The Bertz CT molecular complexity index is 798. The van der Waals surface area contributed by atoms with Crippen molar-refractivity contribution < 1.29 is 18.0 Å². The van der Waals surface area contributed by atoms with Crippen molar-refractivity contribution in [2.45, 2.75) is 50.4 Å². The topological polar surface area (TPSA) is 41.1 Å². The van der Waals surface area contributed by atoms with Gasteiger partial charge in [0, 0.05) is 17.3 Å². The van der Waals surface area contributed by atoms with Crippen LogP contribution >= 0.6 is 11.6 Å². The molecule has 0 aliphatic heterocycles. The molecule has 1 aliphatic carbocycles. The van der Waals surface area contributed by atoms with Crippen molar-refractivity contribution in [3.8, 4) is 0 Å². The summed E-state index contributed by atoms with van der Waals surface area (Å²) in [4.78, 5) is 13.0. The molecule has 7 heteroatoms. The van der Waals surface area contributed by atoms with E-state index >= 15 is 0 Å². The molecule has 2 aromatic carbocycles. The molecular formula is C21H22ClF3N2O. The van der Waals surface area contributed by atoms with Crippen LogP contribution in [0.5, 0.6) is 0 Å². The van der Waals surface area contributed by atoms with Crippen LogP contribution in [0.1, 0.15) is 43.2 Å². The summed E-state index contributed by atoms with van der Waals surface area (Å²) in [5.74, 6) is -0.137. The Kier molecular flexibility index (Phi) is 6.18. The number of anilines is 1. The Morgan fingerprint density at radius 3 is 2.14 bits per heavy atom. The number of rotatable bonds is 5. The number of hydrogen-bond donors (Lipinski definition) is 2. The molecule has 1 saturated carbocycles. The zero-order valence-electron chi connectivity index (χ0n) is 15.3. The minimum Gasteiger partial charge on any atom is -0.371 e. The number of carbonyl (C=O) groups is 1. The number of nitrogens with one attached hydrogen (secondary N) is 2. The van der Waals surface area contributed by atoms with E-state index in [1.165, 1.54) is 12.1 Å². The van der Waals surface area contributed by atoms with Crippen LogP contribution in [0, 0.1) is 0 Å². The maximum atomic E-state index is 13.0. The second-order valence-electron chi connectivity index (χ2n) is 7.15. The molecule has 150 valence electrons.